The number of carbonyl (C=O) groups excluding carboxylic acids is 1. The van der Waals surface area contributed by atoms with Crippen LogP contribution < -0.4 is 15.8 Å². The molecule has 0 fully saturated rings. The van der Waals surface area contributed by atoms with Gasteiger partial charge in [0.25, 0.3) is 5.91 Å². The summed E-state index contributed by atoms with van der Waals surface area (Å²) in [5.74, 6) is -0.372. The summed E-state index contributed by atoms with van der Waals surface area (Å²) < 4.78 is 26.4. The molecule has 0 radical (unpaired) electrons. The van der Waals surface area contributed by atoms with Gasteiger partial charge in [-0.3, -0.25) is 9.52 Å². The van der Waals surface area contributed by atoms with E-state index in [-0.39, 0.29) is 47.9 Å². The van der Waals surface area contributed by atoms with Gasteiger partial charge in [0, 0.05) is 12.6 Å². The summed E-state index contributed by atoms with van der Waals surface area (Å²) in [5, 5.41) is 2.76. The molecule has 0 saturated carbocycles. The lowest BCUT2D eigenvalue weighted by Gasteiger charge is -2.15. The maximum atomic E-state index is 12.4. The quantitative estimate of drug-likeness (QED) is 0.637. The Balaban J connectivity index is 0.00000338. The zero-order valence-electron chi connectivity index (χ0n) is 14.5. The van der Waals surface area contributed by atoms with Crippen LogP contribution in [0, 0.1) is 0 Å². The van der Waals surface area contributed by atoms with Gasteiger partial charge in [0.1, 0.15) is 0 Å². The Bertz CT molecular complexity index is 813. The fraction of sp³-hybridized carbons (Fsp3) is 0.278. The third kappa shape index (κ3) is 6.33. The lowest BCUT2D eigenvalue weighted by Crippen LogP contribution is -2.32. The van der Waals surface area contributed by atoms with E-state index in [1.807, 2.05) is 30.3 Å². The molecule has 6 nitrogen and oxygen atoms in total. The van der Waals surface area contributed by atoms with Crippen LogP contribution in [0.3, 0.4) is 0 Å². The smallest absolute Gasteiger partial charge is 0.253 e. The standard InChI is InChI=1S/C18H23N3O3S.ClH/c1-2-12-25(23,24)21-17-11-7-6-10-15(17)18(22)20-13-16(19)14-8-4-3-5-9-14;/h3-11,16,21H,2,12-13,19H2,1H3,(H,20,22);1H. The molecular weight excluding hydrogens is 374 g/mol. The van der Waals surface area contributed by atoms with Crippen molar-refractivity contribution in [2.24, 2.45) is 5.73 Å². The van der Waals surface area contributed by atoms with Gasteiger partial charge in [-0.25, -0.2) is 8.42 Å². The fourth-order valence-corrected chi connectivity index (χ4v) is 3.53. The minimum Gasteiger partial charge on any atom is -0.350 e. The topological polar surface area (TPSA) is 101 Å². The number of nitrogens with one attached hydrogen (secondary N) is 2. The average Bonchev–Trinajstić information content (AvgIpc) is 2.60. The molecule has 0 heterocycles. The SMILES string of the molecule is CCCS(=O)(=O)Nc1ccccc1C(=O)NCC(N)c1ccccc1.Cl. The average molecular weight is 398 g/mol. The van der Waals surface area contributed by atoms with Gasteiger partial charge in [-0.1, -0.05) is 49.4 Å². The molecule has 0 aliphatic carbocycles. The molecule has 2 aromatic carbocycles. The lowest BCUT2D eigenvalue weighted by atomic mass is 10.1. The minimum absolute atomic E-state index is 0. The largest absolute Gasteiger partial charge is 0.350 e. The van der Waals surface area contributed by atoms with E-state index >= 15 is 0 Å². The van der Waals surface area contributed by atoms with Gasteiger partial charge in [-0.2, -0.15) is 0 Å². The van der Waals surface area contributed by atoms with E-state index in [4.69, 9.17) is 5.73 Å². The van der Waals surface area contributed by atoms with E-state index in [2.05, 4.69) is 10.0 Å². The number of anilines is 1. The number of nitrogens with two attached hydrogens (primary N) is 1. The number of hydrogen-bond acceptors (Lipinski definition) is 4. The fourth-order valence-electron chi connectivity index (χ4n) is 2.37. The number of carbonyl (C=O) groups is 1. The highest BCUT2D eigenvalue weighted by molar-refractivity contribution is 7.92. The summed E-state index contributed by atoms with van der Waals surface area (Å²) >= 11 is 0. The van der Waals surface area contributed by atoms with Crippen molar-refractivity contribution >= 4 is 34.0 Å². The van der Waals surface area contributed by atoms with Gasteiger partial charge in [0.05, 0.1) is 17.0 Å². The number of halogens is 1. The molecular formula is C18H24ClN3O3S. The normalized spacial score (nSPS) is 11.9. The summed E-state index contributed by atoms with van der Waals surface area (Å²) in [7, 11) is -3.47. The predicted octanol–water partition coefficient (Wildman–Crippen LogP) is 2.69. The van der Waals surface area contributed by atoms with Crippen molar-refractivity contribution in [3.63, 3.8) is 0 Å². The van der Waals surface area contributed by atoms with Gasteiger partial charge in [-0.15, -0.1) is 12.4 Å². The first-order valence-corrected chi connectivity index (χ1v) is 9.76. The Morgan fingerprint density at radius 3 is 2.35 bits per heavy atom. The van der Waals surface area contributed by atoms with E-state index in [0.29, 0.717) is 6.42 Å². The molecule has 4 N–H and O–H groups in total. The van der Waals surface area contributed by atoms with Crippen LogP contribution in [0.5, 0.6) is 0 Å². The maximum Gasteiger partial charge on any atom is 0.253 e. The summed E-state index contributed by atoms with van der Waals surface area (Å²) in [6.45, 7) is 2.03. The first-order valence-electron chi connectivity index (χ1n) is 8.11. The van der Waals surface area contributed by atoms with Crippen LogP contribution >= 0.6 is 12.4 Å². The van der Waals surface area contributed by atoms with Gasteiger partial charge in [0.15, 0.2) is 0 Å². The van der Waals surface area contributed by atoms with E-state index in [1.54, 1.807) is 31.2 Å². The minimum atomic E-state index is -3.47. The number of amides is 1. The van der Waals surface area contributed by atoms with Crippen molar-refractivity contribution in [1.29, 1.82) is 0 Å². The number of para-hydroxylation sites is 1. The van der Waals surface area contributed by atoms with Gasteiger partial charge in [-0.05, 0) is 24.1 Å². The second-order valence-corrected chi connectivity index (χ2v) is 7.54. The zero-order chi connectivity index (χ0) is 18.3. The molecule has 1 unspecified atom stereocenters. The highest BCUT2D eigenvalue weighted by atomic mass is 35.5. The Morgan fingerprint density at radius 2 is 1.69 bits per heavy atom. The van der Waals surface area contributed by atoms with Crippen LogP contribution in [-0.4, -0.2) is 26.6 Å². The van der Waals surface area contributed by atoms with Crippen molar-refractivity contribution in [3.8, 4) is 0 Å². The lowest BCUT2D eigenvalue weighted by molar-refractivity contribution is 0.0952. The molecule has 26 heavy (non-hydrogen) atoms. The van der Waals surface area contributed by atoms with Crippen LogP contribution in [0.15, 0.2) is 54.6 Å². The molecule has 0 aliphatic heterocycles. The molecule has 0 aliphatic rings. The van der Waals surface area contributed by atoms with Crippen molar-refractivity contribution in [3.05, 3.63) is 65.7 Å². The van der Waals surface area contributed by atoms with Crippen LogP contribution in [-0.2, 0) is 10.0 Å². The van der Waals surface area contributed by atoms with Crippen molar-refractivity contribution in [2.75, 3.05) is 17.0 Å². The maximum absolute atomic E-state index is 12.4. The van der Waals surface area contributed by atoms with Crippen LogP contribution in [0.4, 0.5) is 5.69 Å². The van der Waals surface area contributed by atoms with Crippen molar-refractivity contribution in [1.82, 2.24) is 5.32 Å². The highest BCUT2D eigenvalue weighted by Crippen LogP contribution is 2.17. The van der Waals surface area contributed by atoms with Crippen molar-refractivity contribution < 1.29 is 13.2 Å². The number of sulfonamides is 1. The molecule has 0 saturated heterocycles. The van der Waals surface area contributed by atoms with E-state index in [9.17, 15) is 13.2 Å². The molecule has 0 bridgehead atoms. The molecule has 2 aromatic rings. The highest BCUT2D eigenvalue weighted by Gasteiger charge is 2.16. The van der Waals surface area contributed by atoms with Gasteiger partial charge in [0.2, 0.25) is 10.0 Å². The van der Waals surface area contributed by atoms with Crippen LogP contribution in [0.25, 0.3) is 0 Å². The summed E-state index contributed by atoms with van der Waals surface area (Å²) in [4.78, 5) is 12.4. The van der Waals surface area contributed by atoms with E-state index in [0.717, 1.165) is 5.56 Å². The third-order valence-electron chi connectivity index (χ3n) is 3.62. The predicted molar refractivity (Wildman–Crippen MR) is 107 cm³/mol. The summed E-state index contributed by atoms with van der Waals surface area (Å²) in [6.07, 6.45) is 0.496. The molecule has 1 amide bonds. The summed E-state index contributed by atoms with van der Waals surface area (Å²) in [5.41, 5.74) is 7.52. The molecule has 8 heteroatoms. The molecule has 0 spiro atoms. The Labute approximate surface area is 160 Å². The number of benzene rings is 2. The van der Waals surface area contributed by atoms with Gasteiger partial charge < -0.3 is 11.1 Å². The first-order chi connectivity index (χ1) is 11.9. The Kier molecular flexibility index (Phi) is 8.57. The zero-order valence-corrected chi connectivity index (χ0v) is 16.1. The van der Waals surface area contributed by atoms with Crippen LogP contribution in [0.1, 0.15) is 35.3 Å². The monoisotopic (exact) mass is 397 g/mol. The number of rotatable bonds is 8. The Morgan fingerprint density at radius 1 is 1.08 bits per heavy atom. The second-order valence-electron chi connectivity index (χ2n) is 5.69. The molecule has 142 valence electrons. The van der Waals surface area contributed by atoms with E-state index in [1.165, 1.54) is 0 Å². The molecule has 2 rings (SSSR count). The Hall–Kier alpha value is -2.09. The second kappa shape index (κ2) is 10.2. The summed E-state index contributed by atoms with van der Waals surface area (Å²) in [6, 6.07) is 15.6. The van der Waals surface area contributed by atoms with Crippen molar-refractivity contribution in [2.45, 2.75) is 19.4 Å². The third-order valence-corrected chi connectivity index (χ3v) is 5.10. The first kappa shape index (κ1) is 22.0. The molecule has 1 atom stereocenters. The number of hydrogen-bond donors (Lipinski definition) is 3. The van der Waals surface area contributed by atoms with Crippen LogP contribution in [0.2, 0.25) is 0 Å². The molecule has 0 aromatic heterocycles. The van der Waals surface area contributed by atoms with Gasteiger partial charge >= 0.3 is 0 Å². The van der Waals surface area contributed by atoms with E-state index < -0.39 is 10.0 Å².